The Kier molecular flexibility index (Phi) is 5.42. The van der Waals surface area contributed by atoms with Gasteiger partial charge in [0.25, 0.3) is 5.91 Å². The van der Waals surface area contributed by atoms with E-state index in [-0.39, 0.29) is 11.9 Å². The predicted octanol–water partition coefficient (Wildman–Crippen LogP) is 1.28. The molecule has 0 radical (unpaired) electrons. The Labute approximate surface area is 102 Å². The second kappa shape index (κ2) is 6.85. The number of hydrogen-bond donors (Lipinski definition) is 2. The van der Waals surface area contributed by atoms with Crippen molar-refractivity contribution in [2.24, 2.45) is 0 Å². The fraction of sp³-hybridized carbons (Fsp3) is 0.500. The Morgan fingerprint density at radius 3 is 2.94 bits per heavy atom. The summed E-state index contributed by atoms with van der Waals surface area (Å²) in [5.41, 5.74) is 0.553. The van der Waals surface area contributed by atoms with Crippen molar-refractivity contribution in [2.45, 2.75) is 19.9 Å². The van der Waals surface area contributed by atoms with Crippen LogP contribution in [0, 0.1) is 0 Å². The third kappa shape index (κ3) is 4.40. The normalized spacial score (nSPS) is 10.4. The van der Waals surface area contributed by atoms with E-state index in [1.165, 1.54) is 0 Å². The number of nitrogens with one attached hydrogen (secondary N) is 2. The first-order chi connectivity index (χ1) is 8.15. The molecule has 0 fully saturated rings. The molecule has 1 amide bonds. The molecule has 17 heavy (non-hydrogen) atoms. The second-order valence-electron chi connectivity index (χ2n) is 3.95. The van der Waals surface area contributed by atoms with Crippen LogP contribution < -0.4 is 10.6 Å². The fourth-order valence-electron chi connectivity index (χ4n) is 1.34. The van der Waals surface area contributed by atoms with Crippen molar-refractivity contribution in [3.63, 3.8) is 0 Å². The third-order valence-electron chi connectivity index (χ3n) is 2.07. The van der Waals surface area contributed by atoms with Crippen molar-refractivity contribution >= 4 is 11.7 Å². The zero-order valence-electron chi connectivity index (χ0n) is 10.5. The number of anilines is 1. The molecule has 0 aliphatic heterocycles. The molecule has 1 aromatic heterocycles. The largest absolute Gasteiger partial charge is 0.383 e. The highest BCUT2D eigenvalue weighted by Crippen LogP contribution is 2.12. The van der Waals surface area contributed by atoms with E-state index in [2.05, 4.69) is 15.6 Å². The maximum atomic E-state index is 11.9. The zero-order chi connectivity index (χ0) is 12.7. The topological polar surface area (TPSA) is 63.2 Å². The van der Waals surface area contributed by atoms with Gasteiger partial charge in [0.2, 0.25) is 0 Å². The summed E-state index contributed by atoms with van der Waals surface area (Å²) in [6.07, 6.45) is 1.66. The van der Waals surface area contributed by atoms with Crippen LogP contribution in [0.2, 0.25) is 0 Å². The molecule has 1 rings (SSSR count). The highest BCUT2D eigenvalue weighted by molar-refractivity contribution is 5.98. The first-order valence-corrected chi connectivity index (χ1v) is 5.64. The molecule has 0 aliphatic rings. The lowest BCUT2D eigenvalue weighted by Gasteiger charge is -2.13. The van der Waals surface area contributed by atoms with Gasteiger partial charge in [0.05, 0.1) is 12.2 Å². The van der Waals surface area contributed by atoms with E-state index in [1.807, 2.05) is 13.8 Å². The minimum atomic E-state index is -0.140. The number of carbonyl (C=O) groups excluding carboxylic acids is 1. The van der Waals surface area contributed by atoms with Crippen LogP contribution in [0.3, 0.4) is 0 Å². The summed E-state index contributed by atoms with van der Waals surface area (Å²) in [5, 5.41) is 5.91. The van der Waals surface area contributed by atoms with Gasteiger partial charge in [-0.15, -0.1) is 0 Å². The molecule has 2 N–H and O–H groups in total. The maximum absolute atomic E-state index is 11.9. The molecule has 0 saturated carbocycles. The molecule has 1 aromatic rings. The van der Waals surface area contributed by atoms with Crippen LogP contribution in [0.25, 0.3) is 0 Å². The van der Waals surface area contributed by atoms with Gasteiger partial charge in [-0.2, -0.15) is 0 Å². The van der Waals surface area contributed by atoms with E-state index in [1.54, 1.807) is 25.4 Å². The summed E-state index contributed by atoms with van der Waals surface area (Å²) in [5.74, 6) is 0.468. The van der Waals surface area contributed by atoms with E-state index < -0.39 is 0 Å². The Balaban J connectivity index is 2.71. The van der Waals surface area contributed by atoms with Crippen LogP contribution in [-0.4, -0.2) is 37.2 Å². The smallest absolute Gasteiger partial charge is 0.255 e. The standard InChI is InChI=1S/C12H19N3O2/c1-9(2)15-11-10(5-4-6-13-11)12(16)14-7-8-17-3/h4-6,9H,7-8H2,1-3H3,(H,13,15)(H,14,16). The van der Waals surface area contributed by atoms with Crippen molar-refractivity contribution < 1.29 is 9.53 Å². The van der Waals surface area contributed by atoms with Crippen LogP contribution in [0.5, 0.6) is 0 Å². The average molecular weight is 237 g/mol. The van der Waals surface area contributed by atoms with E-state index in [0.29, 0.717) is 24.5 Å². The Bertz CT molecular complexity index is 367. The number of ether oxygens (including phenoxy) is 1. The lowest BCUT2D eigenvalue weighted by molar-refractivity contribution is 0.0937. The Morgan fingerprint density at radius 1 is 1.53 bits per heavy atom. The molecule has 0 saturated heterocycles. The first kappa shape index (κ1) is 13.4. The molecule has 1 heterocycles. The Hall–Kier alpha value is -1.62. The number of rotatable bonds is 6. The summed E-state index contributed by atoms with van der Waals surface area (Å²) in [4.78, 5) is 16.0. The number of methoxy groups -OCH3 is 1. The lowest BCUT2D eigenvalue weighted by Crippen LogP contribution is -2.28. The van der Waals surface area contributed by atoms with Crippen molar-refractivity contribution in [3.05, 3.63) is 23.9 Å². The van der Waals surface area contributed by atoms with Crippen molar-refractivity contribution in [2.75, 3.05) is 25.6 Å². The molecule has 0 spiro atoms. The molecular formula is C12H19N3O2. The van der Waals surface area contributed by atoms with E-state index >= 15 is 0 Å². The molecule has 5 heteroatoms. The number of aromatic nitrogens is 1. The van der Waals surface area contributed by atoms with Gasteiger partial charge in [-0.25, -0.2) is 4.98 Å². The summed E-state index contributed by atoms with van der Waals surface area (Å²) < 4.78 is 4.88. The Morgan fingerprint density at radius 2 is 2.29 bits per heavy atom. The highest BCUT2D eigenvalue weighted by Gasteiger charge is 2.11. The van der Waals surface area contributed by atoms with Crippen LogP contribution in [-0.2, 0) is 4.74 Å². The van der Waals surface area contributed by atoms with E-state index in [9.17, 15) is 4.79 Å². The molecular weight excluding hydrogens is 218 g/mol. The summed E-state index contributed by atoms with van der Waals surface area (Å²) in [6, 6.07) is 3.73. The molecule has 5 nitrogen and oxygen atoms in total. The monoisotopic (exact) mass is 237 g/mol. The summed E-state index contributed by atoms with van der Waals surface area (Å²) in [7, 11) is 1.60. The van der Waals surface area contributed by atoms with Crippen LogP contribution in [0.4, 0.5) is 5.82 Å². The highest BCUT2D eigenvalue weighted by atomic mass is 16.5. The van der Waals surface area contributed by atoms with Gasteiger partial charge in [0.15, 0.2) is 0 Å². The van der Waals surface area contributed by atoms with E-state index in [4.69, 9.17) is 4.74 Å². The van der Waals surface area contributed by atoms with Gasteiger partial charge >= 0.3 is 0 Å². The van der Waals surface area contributed by atoms with Gasteiger partial charge in [0.1, 0.15) is 5.82 Å². The second-order valence-corrected chi connectivity index (χ2v) is 3.95. The minimum absolute atomic E-state index is 0.140. The van der Waals surface area contributed by atoms with Crippen molar-refractivity contribution in [1.82, 2.24) is 10.3 Å². The molecule has 0 atom stereocenters. The van der Waals surface area contributed by atoms with Gasteiger partial charge in [-0.1, -0.05) is 0 Å². The van der Waals surface area contributed by atoms with Crippen LogP contribution in [0.15, 0.2) is 18.3 Å². The summed E-state index contributed by atoms with van der Waals surface area (Å²) in [6.45, 7) is 4.99. The maximum Gasteiger partial charge on any atom is 0.255 e. The van der Waals surface area contributed by atoms with Gasteiger partial charge in [-0.05, 0) is 26.0 Å². The quantitative estimate of drug-likeness (QED) is 0.732. The van der Waals surface area contributed by atoms with Crippen molar-refractivity contribution in [1.29, 1.82) is 0 Å². The fourth-order valence-corrected chi connectivity index (χ4v) is 1.34. The number of pyridine rings is 1. The SMILES string of the molecule is COCCNC(=O)c1cccnc1NC(C)C. The lowest BCUT2D eigenvalue weighted by atomic mass is 10.2. The summed E-state index contributed by atoms with van der Waals surface area (Å²) >= 11 is 0. The molecule has 0 aromatic carbocycles. The predicted molar refractivity (Wildman–Crippen MR) is 67.2 cm³/mol. The molecule has 0 aliphatic carbocycles. The minimum Gasteiger partial charge on any atom is -0.383 e. The molecule has 94 valence electrons. The zero-order valence-corrected chi connectivity index (χ0v) is 10.5. The first-order valence-electron chi connectivity index (χ1n) is 5.64. The third-order valence-corrected chi connectivity index (χ3v) is 2.07. The average Bonchev–Trinajstić information content (AvgIpc) is 2.29. The number of hydrogen-bond acceptors (Lipinski definition) is 4. The van der Waals surface area contributed by atoms with Crippen molar-refractivity contribution in [3.8, 4) is 0 Å². The van der Waals surface area contributed by atoms with Gasteiger partial charge < -0.3 is 15.4 Å². The number of nitrogens with zero attached hydrogens (tertiary/aromatic N) is 1. The van der Waals surface area contributed by atoms with E-state index in [0.717, 1.165) is 0 Å². The van der Waals surface area contributed by atoms with Gasteiger partial charge in [0, 0.05) is 25.9 Å². The van der Waals surface area contributed by atoms with Crippen LogP contribution in [0.1, 0.15) is 24.2 Å². The molecule has 0 unspecified atom stereocenters. The molecule has 0 bridgehead atoms. The van der Waals surface area contributed by atoms with Crippen LogP contribution >= 0.6 is 0 Å². The van der Waals surface area contributed by atoms with Gasteiger partial charge in [-0.3, -0.25) is 4.79 Å². The number of amides is 1. The number of carbonyl (C=O) groups is 1.